The molecule has 4 nitrogen and oxygen atoms in total. The van der Waals surface area contributed by atoms with Crippen molar-refractivity contribution in [2.45, 2.75) is 32.7 Å². The van der Waals surface area contributed by atoms with Gasteiger partial charge in [0.2, 0.25) is 0 Å². The molecule has 0 amide bonds. The van der Waals surface area contributed by atoms with E-state index in [1.807, 2.05) is 0 Å². The van der Waals surface area contributed by atoms with Gasteiger partial charge in [-0.3, -0.25) is 4.79 Å². The third-order valence-electron chi connectivity index (χ3n) is 3.53. The van der Waals surface area contributed by atoms with Gasteiger partial charge in [-0.1, -0.05) is 32.7 Å². The first-order valence-electron chi connectivity index (χ1n) is 5.52. The molecule has 0 saturated carbocycles. The molecule has 92 valence electrons. The van der Waals surface area contributed by atoms with E-state index >= 15 is 0 Å². The maximum Gasteiger partial charge on any atom is 0.305 e. The van der Waals surface area contributed by atoms with Gasteiger partial charge >= 0.3 is 5.33 Å². The smallest absolute Gasteiger partial charge is 0.305 e. The fourth-order valence-corrected chi connectivity index (χ4v) is 5.61. The van der Waals surface area contributed by atoms with E-state index < -0.39 is 15.2 Å². The van der Waals surface area contributed by atoms with E-state index in [1.54, 1.807) is 12.1 Å². The average Bonchev–Trinajstić information content (AvgIpc) is 2.68. The Kier molecular flexibility index (Phi) is 3.71. The molecule has 0 N–H and O–H groups in total. The third kappa shape index (κ3) is 2.54. The molecule has 0 aromatic carbocycles. The third-order valence-corrected chi connectivity index (χ3v) is 20.7. The molecule has 1 heterocycles. The number of furan rings is 1. The number of ketones is 1. The van der Waals surface area contributed by atoms with Crippen molar-refractivity contribution in [1.82, 2.24) is 0 Å². The minimum Gasteiger partial charge on any atom is -0.461 e. The van der Waals surface area contributed by atoms with Crippen LogP contribution in [0.3, 0.4) is 0 Å². The minimum absolute atomic E-state index is 0.247. The Hall–Kier alpha value is -1.24. The minimum atomic E-state index is -2.02. The number of hydrogen-bond donors (Lipinski definition) is 0. The lowest BCUT2D eigenvalue weighted by molar-refractivity contribution is -0.00252. The molecule has 17 heavy (non-hydrogen) atoms. The predicted octanol–water partition coefficient (Wildman–Crippen LogP) is 2.80. The lowest BCUT2D eigenvalue weighted by Gasteiger charge is -2.29. The summed E-state index contributed by atoms with van der Waals surface area (Å²) >= 11 is 0. The van der Waals surface area contributed by atoms with Crippen LogP contribution in [-0.2, 0) is 0 Å². The first-order chi connectivity index (χ1) is 7.71. The highest BCUT2D eigenvalue weighted by molar-refractivity contribution is 7.53. The van der Waals surface area contributed by atoms with Gasteiger partial charge in [0, 0.05) is 0 Å². The fraction of sp³-hybridized carbons (Fsp3) is 0.455. The van der Waals surface area contributed by atoms with E-state index in [4.69, 9.17) is 4.42 Å². The number of rotatable bonds is 4. The number of carbonyl (C=O) groups is 1. The normalized spacial score (nSPS) is 12.1. The topological polar surface area (TPSA) is 66.6 Å². The Morgan fingerprint density at radius 2 is 1.88 bits per heavy atom. The number of carbonyl (C=O) groups excluding carboxylic acids is 1. The second kappa shape index (κ2) is 4.56. The van der Waals surface area contributed by atoms with Crippen LogP contribution in [0.4, 0.5) is 0 Å². The van der Waals surface area contributed by atoms with Crippen molar-refractivity contribution in [1.29, 1.82) is 0 Å². The van der Waals surface area contributed by atoms with Crippen LogP contribution in [0.2, 0.25) is 32.7 Å². The van der Waals surface area contributed by atoms with Crippen LogP contribution in [0.1, 0.15) is 10.6 Å². The van der Waals surface area contributed by atoms with E-state index in [0.29, 0.717) is 5.33 Å². The van der Waals surface area contributed by atoms with E-state index in [1.165, 1.54) is 6.26 Å². The van der Waals surface area contributed by atoms with Crippen molar-refractivity contribution in [2.24, 2.45) is 0 Å². The van der Waals surface area contributed by atoms with Gasteiger partial charge in [0.15, 0.2) is 13.4 Å². The second-order valence-electron chi connectivity index (χ2n) is 5.63. The van der Waals surface area contributed by atoms with Crippen LogP contribution in [-0.4, -0.2) is 31.1 Å². The summed E-state index contributed by atoms with van der Waals surface area (Å²) in [6, 6.07) is 3.26. The van der Waals surface area contributed by atoms with Crippen molar-refractivity contribution in [3.63, 3.8) is 0 Å². The van der Waals surface area contributed by atoms with Gasteiger partial charge in [-0.15, -0.1) is 0 Å². The van der Waals surface area contributed by atoms with Crippen LogP contribution in [0.5, 0.6) is 0 Å². The van der Waals surface area contributed by atoms with Gasteiger partial charge in [0.25, 0.3) is 5.78 Å². The van der Waals surface area contributed by atoms with Gasteiger partial charge in [-0.25, -0.2) is 0 Å². The lowest BCUT2D eigenvalue weighted by atomic mass is 10.3. The quantitative estimate of drug-likeness (QED) is 0.276. The Bertz CT molecular complexity index is 466. The molecule has 0 aliphatic rings. The summed E-state index contributed by atoms with van der Waals surface area (Å²) in [6.07, 6.45) is 1.45. The highest BCUT2D eigenvalue weighted by Crippen LogP contribution is 2.21. The van der Waals surface area contributed by atoms with E-state index in [9.17, 15) is 10.3 Å². The Labute approximate surface area is 103 Å². The van der Waals surface area contributed by atoms with Crippen molar-refractivity contribution in [2.75, 3.05) is 0 Å². The van der Waals surface area contributed by atoms with Crippen molar-refractivity contribution < 1.29 is 14.0 Å². The average molecular weight is 266 g/mol. The van der Waals surface area contributed by atoms with Gasteiger partial charge in [0.1, 0.15) is 0 Å². The van der Waals surface area contributed by atoms with Crippen molar-refractivity contribution in [3.8, 4) is 0 Å². The van der Waals surface area contributed by atoms with E-state index in [-0.39, 0.29) is 11.5 Å². The first-order valence-corrected chi connectivity index (χ1v) is 13.0. The zero-order valence-electron chi connectivity index (χ0n) is 10.9. The molecule has 0 unspecified atom stereocenters. The number of hydrogen-bond acceptors (Lipinski definition) is 2. The maximum absolute atomic E-state index is 12.2. The number of Topliss-reactive ketones (excluding diaryl/α,β-unsaturated/α-hetero) is 1. The van der Waals surface area contributed by atoms with Crippen molar-refractivity contribution in [3.05, 3.63) is 29.7 Å². The summed E-state index contributed by atoms with van der Waals surface area (Å²) < 4.78 is 5.08. The van der Waals surface area contributed by atoms with Gasteiger partial charge < -0.3 is 9.95 Å². The van der Waals surface area contributed by atoms with Gasteiger partial charge in [-0.05, 0) is 12.1 Å². The van der Waals surface area contributed by atoms with Crippen molar-refractivity contribution >= 4 is 26.3 Å². The zero-order valence-corrected chi connectivity index (χ0v) is 12.9. The second-order valence-corrected chi connectivity index (χ2v) is 22.1. The summed E-state index contributed by atoms with van der Waals surface area (Å²) in [5.74, 6) is -0.0341. The molecule has 0 fully saturated rings. The molecule has 0 bridgehead atoms. The monoisotopic (exact) mass is 266 g/mol. The molecule has 0 aliphatic carbocycles. The molecule has 0 saturated heterocycles. The molecule has 1 aromatic rings. The van der Waals surface area contributed by atoms with Crippen LogP contribution in [0.25, 0.3) is 5.53 Å². The molecule has 1 aromatic heterocycles. The Morgan fingerprint density at radius 1 is 1.29 bits per heavy atom. The number of nitrogens with zero attached hydrogens (tertiary/aromatic N) is 2. The molecule has 1 rings (SSSR count). The standard InChI is InChI=1S/C11H18N2O2Si2/c1-16(2,3)17(4,5)11(13-12)10(14)9-7-6-8-15-9/h6-8H,1-5H3. The van der Waals surface area contributed by atoms with Gasteiger partial charge in [0.05, 0.1) is 13.9 Å². The largest absolute Gasteiger partial charge is 0.461 e. The summed E-state index contributed by atoms with van der Waals surface area (Å²) in [6.45, 7) is 10.7. The van der Waals surface area contributed by atoms with Crippen LogP contribution < -0.4 is 0 Å². The summed E-state index contributed by atoms with van der Waals surface area (Å²) in [5.41, 5.74) is 9.18. The van der Waals surface area contributed by atoms with Crippen LogP contribution >= 0.6 is 0 Å². The Balaban J connectivity index is 3.20. The lowest BCUT2D eigenvalue weighted by Crippen LogP contribution is -2.61. The maximum atomic E-state index is 12.2. The SMILES string of the molecule is C[Si](C)(C)[Si](C)(C)C(=[N+]=[N-])C(=O)c1ccco1. The summed E-state index contributed by atoms with van der Waals surface area (Å²) in [4.78, 5) is 15.5. The highest BCUT2D eigenvalue weighted by atomic mass is 29.3. The molecule has 6 heteroatoms. The summed E-state index contributed by atoms with van der Waals surface area (Å²) in [5, 5.41) is 0.312. The van der Waals surface area contributed by atoms with E-state index in [0.717, 1.165) is 0 Å². The van der Waals surface area contributed by atoms with Crippen LogP contribution in [0.15, 0.2) is 22.8 Å². The first kappa shape index (κ1) is 13.8. The molecular formula is C11H18N2O2Si2. The zero-order chi connectivity index (χ0) is 13.3. The molecular weight excluding hydrogens is 248 g/mol. The Morgan fingerprint density at radius 3 is 2.24 bits per heavy atom. The van der Waals surface area contributed by atoms with Crippen LogP contribution in [0, 0.1) is 0 Å². The molecule has 0 aliphatic heterocycles. The fourth-order valence-electron chi connectivity index (χ4n) is 1.33. The summed E-state index contributed by atoms with van der Waals surface area (Å²) in [7, 11) is -3.58. The predicted molar refractivity (Wildman–Crippen MR) is 72.5 cm³/mol. The van der Waals surface area contributed by atoms with Gasteiger partial charge in [-0.2, -0.15) is 4.79 Å². The molecule has 0 radical (unpaired) electrons. The highest BCUT2D eigenvalue weighted by Gasteiger charge is 2.51. The molecule has 0 atom stereocenters. The molecule has 0 spiro atoms. The van der Waals surface area contributed by atoms with E-state index in [2.05, 4.69) is 37.5 Å².